The number of imide groups is 1. The maximum absolute atomic E-state index is 12.7. The second-order valence-electron chi connectivity index (χ2n) is 7.37. The Labute approximate surface area is 175 Å². The molecule has 1 heterocycles. The first-order chi connectivity index (χ1) is 13.8. The minimum Gasteiger partial charge on any atom is -0.347 e. The van der Waals surface area contributed by atoms with Crippen molar-refractivity contribution in [2.45, 2.75) is 38.3 Å². The highest BCUT2D eigenvalue weighted by atomic mass is 35.5. The topological polar surface area (TPSA) is 78.5 Å². The van der Waals surface area contributed by atoms with Gasteiger partial charge < -0.3 is 10.6 Å². The van der Waals surface area contributed by atoms with Gasteiger partial charge in [0.2, 0.25) is 5.91 Å². The van der Waals surface area contributed by atoms with Crippen molar-refractivity contribution in [3.8, 4) is 0 Å². The van der Waals surface area contributed by atoms with Crippen LogP contribution in [0.3, 0.4) is 0 Å². The van der Waals surface area contributed by atoms with Crippen LogP contribution in [-0.2, 0) is 16.0 Å². The Hall–Kier alpha value is -2.86. The van der Waals surface area contributed by atoms with Crippen LogP contribution in [0, 0.1) is 0 Å². The summed E-state index contributed by atoms with van der Waals surface area (Å²) in [6.07, 6.45) is 1.01. The minimum absolute atomic E-state index is 0.303. The first-order valence-electron chi connectivity index (χ1n) is 9.55. The molecule has 2 atom stereocenters. The van der Waals surface area contributed by atoms with Gasteiger partial charge in [0, 0.05) is 5.02 Å². The Morgan fingerprint density at radius 1 is 1.14 bits per heavy atom. The summed E-state index contributed by atoms with van der Waals surface area (Å²) in [4.78, 5) is 38.4. The number of carbonyl (C=O) groups is 3. The summed E-state index contributed by atoms with van der Waals surface area (Å²) in [5.41, 5.74) is 0.989. The van der Waals surface area contributed by atoms with Crippen LogP contribution >= 0.6 is 11.6 Å². The molecular formula is C22H24ClN3O3. The highest BCUT2D eigenvalue weighted by Crippen LogP contribution is 2.22. The van der Waals surface area contributed by atoms with Gasteiger partial charge in [0.05, 0.1) is 6.04 Å². The average Bonchev–Trinajstić information content (AvgIpc) is 2.93. The van der Waals surface area contributed by atoms with E-state index in [0.29, 0.717) is 17.9 Å². The number of urea groups is 1. The Kier molecular flexibility index (Phi) is 6.23. The van der Waals surface area contributed by atoms with Crippen molar-refractivity contribution in [2.75, 3.05) is 6.54 Å². The summed E-state index contributed by atoms with van der Waals surface area (Å²) in [5, 5.41) is 6.27. The third-order valence-electron chi connectivity index (χ3n) is 5.24. The lowest BCUT2D eigenvalue weighted by Crippen LogP contribution is -2.45. The van der Waals surface area contributed by atoms with Crippen molar-refractivity contribution in [1.29, 1.82) is 0 Å². The number of nitrogens with zero attached hydrogens (tertiary/aromatic N) is 1. The van der Waals surface area contributed by atoms with Crippen LogP contribution in [0.15, 0.2) is 54.6 Å². The SMILES string of the molecule is CC[C@@]1(C)NC(=O)N(CC(=O)N[C@H](Cc2ccc(Cl)cc2)c2ccccc2)C1=O. The zero-order chi connectivity index (χ0) is 21.0. The summed E-state index contributed by atoms with van der Waals surface area (Å²) < 4.78 is 0. The summed E-state index contributed by atoms with van der Waals surface area (Å²) >= 11 is 5.96. The van der Waals surface area contributed by atoms with E-state index in [4.69, 9.17) is 11.6 Å². The molecule has 1 aliphatic rings. The molecule has 1 fully saturated rings. The molecule has 1 saturated heterocycles. The van der Waals surface area contributed by atoms with E-state index in [1.165, 1.54) is 0 Å². The number of hydrogen-bond acceptors (Lipinski definition) is 3. The number of nitrogens with one attached hydrogen (secondary N) is 2. The predicted octanol–water partition coefficient (Wildman–Crippen LogP) is 3.46. The van der Waals surface area contributed by atoms with E-state index in [9.17, 15) is 14.4 Å². The van der Waals surface area contributed by atoms with Crippen LogP contribution in [0.4, 0.5) is 4.79 Å². The first-order valence-corrected chi connectivity index (χ1v) is 9.93. The van der Waals surface area contributed by atoms with Gasteiger partial charge in [0.1, 0.15) is 12.1 Å². The molecular weight excluding hydrogens is 390 g/mol. The minimum atomic E-state index is -0.959. The zero-order valence-electron chi connectivity index (χ0n) is 16.4. The van der Waals surface area contributed by atoms with Crippen molar-refractivity contribution < 1.29 is 14.4 Å². The van der Waals surface area contributed by atoms with E-state index in [2.05, 4.69) is 10.6 Å². The van der Waals surface area contributed by atoms with Crippen molar-refractivity contribution >= 4 is 29.4 Å². The molecule has 7 heteroatoms. The maximum atomic E-state index is 12.7. The number of rotatable bonds is 7. The van der Waals surface area contributed by atoms with Gasteiger partial charge in [-0.15, -0.1) is 0 Å². The number of amides is 4. The Morgan fingerprint density at radius 2 is 1.79 bits per heavy atom. The quantitative estimate of drug-likeness (QED) is 0.682. The van der Waals surface area contributed by atoms with Crippen LogP contribution in [-0.4, -0.2) is 34.8 Å². The molecule has 0 saturated carbocycles. The molecule has 0 spiro atoms. The molecule has 0 aromatic heterocycles. The van der Waals surface area contributed by atoms with E-state index in [1.807, 2.05) is 49.4 Å². The normalized spacial score (nSPS) is 19.8. The van der Waals surface area contributed by atoms with Crippen molar-refractivity contribution in [1.82, 2.24) is 15.5 Å². The van der Waals surface area contributed by atoms with Crippen LogP contribution in [0.2, 0.25) is 5.02 Å². The van der Waals surface area contributed by atoms with Crippen molar-refractivity contribution in [3.05, 3.63) is 70.7 Å². The largest absolute Gasteiger partial charge is 0.347 e. The van der Waals surface area contributed by atoms with Crippen molar-refractivity contribution in [3.63, 3.8) is 0 Å². The van der Waals surface area contributed by atoms with Crippen molar-refractivity contribution in [2.24, 2.45) is 0 Å². The lowest BCUT2D eigenvalue weighted by molar-refractivity contribution is -0.134. The molecule has 0 bridgehead atoms. The molecule has 2 N–H and O–H groups in total. The summed E-state index contributed by atoms with van der Waals surface area (Å²) in [5.74, 6) is -0.772. The molecule has 29 heavy (non-hydrogen) atoms. The third kappa shape index (κ3) is 4.77. The van der Waals surface area contributed by atoms with Crippen LogP contribution in [0.5, 0.6) is 0 Å². The Bertz CT molecular complexity index is 901. The van der Waals surface area contributed by atoms with E-state index in [1.54, 1.807) is 19.1 Å². The van der Waals surface area contributed by atoms with E-state index in [-0.39, 0.29) is 18.5 Å². The molecule has 0 unspecified atom stereocenters. The summed E-state index contributed by atoms with van der Waals surface area (Å²) in [6, 6.07) is 16.2. The van der Waals surface area contributed by atoms with Crippen LogP contribution in [0.1, 0.15) is 37.4 Å². The van der Waals surface area contributed by atoms with E-state index in [0.717, 1.165) is 16.0 Å². The molecule has 0 radical (unpaired) electrons. The molecule has 4 amide bonds. The molecule has 2 aromatic carbocycles. The lowest BCUT2D eigenvalue weighted by atomic mass is 9.98. The fourth-order valence-corrected chi connectivity index (χ4v) is 3.43. The highest BCUT2D eigenvalue weighted by molar-refractivity contribution is 6.30. The second kappa shape index (κ2) is 8.66. The smallest absolute Gasteiger partial charge is 0.325 e. The molecule has 2 aromatic rings. The molecule has 1 aliphatic heterocycles. The van der Waals surface area contributed by atoms with Gasteiger partial charge in [-0.25, -0.2) is 4.79 Å². The van der Waals surface area contributed by atoms with Crippen LogP contribution < -0.4 is 10.6 Å². The van der Waals surface area contributed by atoms with Gasteiger partial charge >= 0.3 is 6.03 Å². The summed E-state index contributed by atoms with van der Waals surface area (Å²) in [7, 11) is 0. The Balaban J connectivity index is 1.74. The number of hydrogen-bond donors (Lipinski definition) is 2. The van der Waals surface area contributed by atoms with Gasteiger partial charge in [-0.3, -0.25) is 14.5 Å². The number of carbonyl (C=O) groups excluding carboxylic acids is 3. The Morgan fingerprint density at radius 3 is 2.38 bits per heavy atom. The monoisotopic (exact) mass is 413 g/mol. The zero-order valence-corrected chi connectivity index (χ0v) is 17.2. The maximum Gasteiger partial charge on any atom is 0.325 e. The second-order valence-corrected chi connectivity index (χ2v) is 7.80. The third-order valence-corrected chi connectivity index (χ3v) is 5.50. The lowest BCUT2D eigenvalue weighted by Gasteiger charge is -2.22. The van der Waals surface area contributed by atoms with Crippen LogP contribution in [0.25, 0.3) is 0 Å². The van der Waals surface area contributed by atoms with Gasteiger partial charge in [0.15, 0.2) is 0 Å². The van der Waals surface area contributed by atoms with Gasteiger partial charge in [-0.1, -0.05) is 61.0 Å². The molecule has 6 nitrogen and oxygen atoms in total. The average molecular weight is 414 g/mol. The molecule has 0 aliphatic carbocycles. The van der Waals surface area contributed by atoms with E-state index >= 15 is 0 Å². The predicted molar refractivity (Wildman–Crippen MR) is 111 cm³/mol. The highest BCUT2D eigenvalue weighted by Gasteiger charge is 2.47. The number of halogens is 1. The van der Waals surface area contributed by atoms with E-state index < -0.39 is 17.5 Å². The standard InChI is InChI=1S/C22H24ClN3O3/c1-3-22(2)20(28)26(21(29)25-22)14-19(27)24-18(16-7-5-4-6-8-16)13-15-9-11-17(23)12-10-15/h4-12,18H,3,13-14H2,1-2H3,(H,24,27)(H,25,29)/t18-,22-/m1/s1. The fraction of sp³-hybridized carbons (Fsp3) is 0.318. The van der Waals surface area contributed by atoms with Gasteiger partial charge in [-0.2, -0.15) is 0 Å². The fourth-order valence-electron chi connectivity index (χ4n) is 3.31. The molecule has 3 rings (SSSR count). The number of benzene rings is 2. The van der Waals surface area contributed by atoms with Gasteiger partial charge in [0.25, 0.3) is 5.91 Å². The van der Waals surface area contributed by atoms with Gasteiger partial charge in [-0.05, 0) is 43.0 Å². The summed E-state index contributed by atoms with van der Waals surface area (Å²) in [6.45, 7) is 3.17. The first kappa shape index (κ1) is 20.9. The molecule has 152 valence electrons.